The Morgan fingerprint density at radius 3 is 2.72 bits per heavy atom. The standard InChI is InChI=1S/C19H29NO5/c1-19(2,3)25-18(21)20-9-10-22-15-17(13-20)24-12-11-23-14-16-7-5-4-6-8-16/h4-8,17H,9-15H2,1-3H3/t17-/m0/s1. The lowest BCUT2D eigenvalue weighted by atomic mass is 10.2. The Kier molecular flexibility index (Phi) is 7.68. The third-order valence-electron chi connectivity index (χ3n) is 3.58. The van der Waals surface area contributed by atoms with Crippen molar-refractivity contribution >= 4 is 6.09 Å². The summed E-state index contributed by atoms with van der Waals surface area (Å²) in [5.41, 5.74) is 0.627. The molecule has 6 nitrogen and oxygen atoms in total. The second-order valence-corrected chi connectivity index (χ2v) is 7.03. The lowest BCUT2D eigenvalue weighted by Crippen LogP contribution is -2.42. The first-order valence-electron chi connectivity index (χ1n) is 8.73. The Morgan fingerprint density at radius 2 is 2.00 bits per heavy atom. The number of hydrogen-bond acceptors (Lipinski definition) is 5. The van der Waals surface area contributed by atoms with E-state index in [2.05, 4.69) is 0 Å². The van der Waals surface area contributed by atoms with Crippen molar-refractivity contribution < 1.29 is 23.7 Å². The summed E-state index contributed by atoms with van der Waals surface area (Å²) in [6, 6.07) is 10.0. The maximum Gasteiger partial charge on any atom is 0.410 e. The molecule has 0 aliphatic carbocycles. The normalized spacial score (nSPS) is 18.7. The minimum Gasteiger partial charge on any atom is -0.444 e. The monoisotopic (exact) mass is 351 g/mol. The minimum absolute atomic E-state index is 0.171. The molecule has 0 aromatic heterocycles. The molecule has 6 heteroatoms. The summed E-state index contributed by atoms with van der Waals surface area (Å²) >= 11 is 0. The van der Waals surface area contributed by atoms with E-state index in [0.717, 1.165) is 5.56 Å². The van der Waals surface area contributed by atoms with E-state index in [1.165, 1.54) is 0 Å². The summed E-state index contributed by atoms with van der Waals surface area (Å²) in [4.78, 5) is 13.9. The van der Waals surface area contributed by atoms with Gasteiger partial charge in [-0.25, -0.2) is 4.79 Å². The molecule has 1 aromatic carbocycles. The van der Waals surface area contributed by atoms with E-state index in [0.29, 0.717) is 46.1 Å². The highest BCUT2D eigenvalue weighted by Crippen LogP contribution is 2.12. The minimum atomic E-state index is -0.508. The summed E-state index contributed by atoms with van der Waals surface area (Å²) in [6.45, 7) is 9.04. The average Bonchev–Trinajstić information content (AvgIpc) is 2.80. The lowest BCUT2D eigenvalue weighted by molar-refractivity contribution is -0.0358. The average molecular weight is 351 g/mol. The molecule has 1 amide bonds. The number of rotatable bonds is 6. The molecule has 2 rings (SSSR count). The highest BCUT2D eigenvalue weighted by Gasteiger charge is 2.27. The quantitative estimate of drug-likeness (QED) is 0.738. The molecule has 1 heterocycles. The molecule has 0 unspecified atom stereocenters. The van der Waals surface area contributed by atoms with Crippen molar-refractivity contribution in [3.63, 3.8) is 0 Å². The van der Waals surface area contributed by atoms with Crippen LogP contribution >= 0.6 is 0 Å². The Labute approximate surface area is 150 Å². The van der Waals surface area contributed by atoms with Gasteiger partial charge in [0.25, 0.3) is 0 Å². The fourth-order valence-electron chi connectivity index (χ4n) is 2.41. The summed E-state index contributed by atoms with van der Waals surface area (Å²) in [7, 11) is 0. The molecule has 0 saturated carbocycles. The van der Waals surface area contributed by atoms with Crippen molar-refractivity contribution in [3.05, 3.63) is 35.9 Å². The van der Waals surface area contributed by atoms with Crippen molar-refractivity contribution in [2.75, 3.05) is 39.5 Å². The molecule has 0 bridgehead atoms. The van der Waals surface area contributed by atoms with E-state index in [9.17, 15) is 4.79 Å². The summed E-state index contributed by atoms with van der Waals surface area (Å²) < 4.78 is 22.4. The number of hydrogen-bond donors (Lipinski definition) is 0. The lowest BCUT2D eigenvalue weighted by Gasteiger charge is -2.27. The second kappa shape index (κ2) is 9.75. The maximum absolute atomic E-state index is 12.2. The van der Waals surface area contributed by atoms with Gasteiger partial charge in [0.2, 0.25) is 0 Å². The van der Waals surface area contributed by atoms with Crippen LogP contribution in [-0.2, 0) is 25.6 Å². The maximum atomic E-state index is 12.2. The van der Waals surface area contributed by atoms with Crippen molar-refractivity contribution in [2.24, 2.45) is 0 Å². The molecule has 1 aliphatic heterocycles. The molecule has 0 radical (unpaired) electrons. The van der Waals surface area contributed by atoms with Crippen LogP contribution in [0.25, 0.3) is 0 Å². The third-order valence-corrected chi connectivity index (χ3v) is 3.58. The van der Waals surface area contributed by atoms with Crippen molar-refractivity contribution in [2.45, 2.75) is 39.1 Å². The number of benzene rings is 1. The van der Waals surface area contributed by atoms with Crippen LogP contribution in [0.3, 0.4) is 0 Å². The first-order chi connectivity index (χ1) is 11.9. The molecule has 1 aliphatic rings. The molecule has 1 atom stereocenters. The SMILES string of the molecule is CC(C)(C)OC(=O)N1CCOC[C@@H](OCCOCc2ccccc2)C1. The molecular weight excluding hydrogens is 322 g/mol. The van der Waals surface area contributed by atoms with Crippen LogP contribution in [0.5, 0.6) is 0 Å². The first-order valence-corrected chi connectivity index (χ1v) is 8.73. The van der Waals surface area contributed by atoms with Gasteiger partial charge >= 0.3 is 6.09 Å². The van der Waals surface area contributed by atoms with E-state index >= 15 is 0 Å². The molecule has 0 N–H and O–H groups in total. The van der Waals surface area contributed by atoms with Crippen LogP contribution in [-0.4, -0.2) is 62.2 Å². The van der Waals surface area contributed by atoms with Gasteiger partial charge in [-0.2, -0.15) is 0 Å². The molecular formula is C19H29NO5. The van der Waals surface area contributed by atoms with Gasteiger partial charge in [-0.1, -0.05) is 30.3 Å². The predicted molar refractivity (Wildman–Crippen MR) is 94.5 cm³/mol. The van der Waals surface area contributed by atoms with Crippen molar-refractivity contribution in [3.8, 4) is 0 Å². The summed E-state index contributed by atoms with van der Waals surface area (Å²) in [5.74, 6) is 0. The van der Waals surface area contributed by atoms with Crippen LogP contribution < -0.4 is 0 Å². The van der Waals surface area contributed by atoms with Crippen LogP contribution in [0.4, 0.5) is 4.79 Å². The molecule has 1 saturated heterocycles. The zero-order valence-corrected chi connectivity index (χ0v) is 15.4. The van der Waals surface area contributed by atoms with Crippen LogP contribution in [0.15, 0.2) is 30.3 Å². The number of amides is 1. The van der Waals surface area contributed by atoms with Gasteiger partial charge in [0, 0.05) is 6.54 Å². The fourth-order valence-corrected chi connectivity index (χ4v) is 2.41. The van der Waals surface area contributed by atoms with E-state index in [4.69, 9.17) is 18.9 Å². The number of nitrogens with zero attached hydrogens (tertiary/aromatic N) is 1. The number of carbonyl (C=O) groups excluding carboxylic acids is 1. The van der Waals surface area contributed by atoms with Crippen molar-refractivity contribution in [1.29, 1.82) is 0 Å². The Morgan fingerprint density at radius 1 is 1.24 bits per heavy atom. The highest BCUT2D eigenvalue weighted by atomic mass is 16.6. The smallest absolute Gasteiger partial charge is 0.410 e. The largest absolute Gasteiger partial charge is 0.444 e. The van der Waals surface area contributed by atoms with E-state index in [1.54, 1.807) is 4.90 Å². The summed E-state index contributed by atoms with van der Waals surface area (Å²) in [5, 5.41) is 0. The van der Waals surface area contributed by atoms with Gasteiger partial charge in [-0.3, -0.25) is 0 Å². The third kappa shape index (κ3) is 7.86. The van der Waals surface area contributed by atoms with Gasteiger partial charge in [0.1, 0.15) is 5.60 Å². The second-order valence-electron chi connectivity index (χ2n) is 7.03. The van der Waals surface area contributed by atoms with Gasteiger partial charge < -0.3 is 23.8 Å². The van der Waals surface area contributed by atoms with Crippen molar-refractivity contribution in [1.82, 2.24) is 4.90 Å². The first kappa shape index (κ1) is 19.7. The van der Waals surface area contributed by atoms with Gasteiger partial charge in [-0.05, 0) is 26.3 Å². The van der Waals surface area contributed by atoms with Crippen LogP contribution in [0.2, 0.25) is 0 Å². The summed E-state index contributed by atoms with van der Waals surface area (Å²) in [6.07, 6.45) is -0.498. The van der Waals surface area contributed by atoms with Gasteiger partial charge in [0.05, 0.1) is 45.7 Å². The zero-order chi connectivity index (χ0) is 18.1. The van der Waals surface area contributed by atoms with Gasteiger partial charge in [-0.15, -0.1) is 0 Å². The van der Waals surface area contributed by atoms with E-state index in [1.807, 2.05) is 51.1 Å². The molecule has 0 spiro atoms. The van der Waals surface area contributed by atoms with E-state index in [-0.39, 0.29) is 12.2 Å². The molecule has 1 fully saturated rings. The highest BCUT2D eigenvalue weighted by molar-refractivity contribution is 5.68. The van der Waals surface area contributed by atoms with E-state index < -0.39 is 5.60 Å². The Hall–Kier alpha value is -1.63. The van der Waals surface area contributed by atoms with Gasteiger partial charge in [0.15, 0.2) is 0 Å². The van der Waals surface area contributed by atoms with Crippen LogP contribution in [0.1, 0.15) is 26.3 Å². The fraction of sp³-hybridized carbons (Fsp3) is 0.632. The molecule has 25 heavy (non-hydrogen) atoms. The Balaban J connectivity index is 1.69. The topological polar surface area (TPSA) is 57.2 Å². The number of carbonyl (C=O) groups is 1. The van der Waals surface area contributed by atoms with Crippen LogP contribution in [0, 0.1) is 0 Å². The predicted octanol–water partition coefficient (Wildman–Crippen LogP) is 2.86. The number of ether oxygens (including phenoxy) is 4. The zero-order valence-electron chi connectivity index (χ0n) is 15.4. The molecule has 140 valence electrons. The Bertz CT molecular complexity index is 514. The molecule has 1 aromatic rings.